The van der Waals surface area contributed by atoms with Gasteiger partial charge in [-0.3, -0.25) is 0 Å². The van der Waals surface area contributed by atoms with Crippen LogP contribution in [0.5, 0.6) is 0 Å². The first kappa shape index (κ1) is 15.0. The van der Waals surface area contributed by atoms with Crippen molar-refractivity contribution in [2.45, 2.75) is 44.7 Å². The van der Waals surface area contributed by atoms with Crippen molar-refractivity contribution in [2.75, 3.05) is 16.8 Å². The van der Waals surface area contributed by atoms with E-state index in [4.69, 9.17) is 0 Å². The van der Waals surface area contributed by atoms with Gasteiger partial charge in [0.05, 0.1) is 0 Å². The summed E-state index contributed by atoms with van der Waals surface area (Å²) in [7, 11) is 0. The molecule has 0 unspecified atom stereocenters. The standard InChI is InChI=1S/C20H26N2/c1-2-22(18-13-7-4-8-14-18)20-16-10-9-15-19(20)21-17-11-5-3-6-12-17/h3-8,11-14,19-21H,2,9-10,15-16H2,1H3/t19-,20-/m1/s1. The maximum atomic E-state index is 3.77. The van der Waals surface area contributed by atoms with Crippen LogP contribution in [0.4, 0.5) is 11.4 Å². The minimum Gasteiger partial charge on any atom is -0.380 e. The van der Waals surface area contributed by atoms with Gasteiger partial charge < -0.3 is 10.2 Å². The van der Waals surface area contributed by atoms with E-state index in [0.717, 1.165) is 6.54 Å². The number of hydrogen-bond donors (Lipinski definition) is 1. The fourth-order valence-corrected chi connectivity index (χ4v) is 3.63. The van der Waals surface area contributed by atoms with Crippen molar-refractivity contribution in [1.29, 1.82) is 0 Å². The van der Waals surface area contributed by atoms with E-state index in [1.165, 1.54) is 37.1 Å². The van der Waals surface area contributed by atoms with Gasteiger partial charge in [-0.25, -0.2) is 0 Å². The molecule has 2 nitrogen and oxygen atoms in total. The van der Waals surface area contributed by atoms with Gasteiger partial charge in [0.1, 0.15) is 0 Å². The van der Waals surface area contributed by atoms with Crippen molar-refractivity contribution in [3.8, 4) is 0 Å². The van der Waals surface area contributed by atoms with Crippen molar-refractivity contribution in [1.82, 2.24) is 0 Å². The molecule has 3 rings (SSSR count). The molecule has 1 fully saturated rings. The zero-order chi connectivity index (χ0) is 15.2. The van der Waals surface area contributed by atoms with Gasteiger partial charge in [0.25, 0.3) is 0 Å². The monoisotopic (exact) mass is 294 g/mol. The minimum atomic E-state index is 0.524. The molecule has 2 aromatic carbocycles. The highest BCUT2D eigenvalue weighted by atomic mass is 15.2. The van der Waals surface area contributed by atoms with Crippen LogP contribution < -0.4 is 10.2 Å². The van der Waals surface area contributed by atoms with Crippen LogP contribution in [0.3, 0.4) is 0 Å². The molecule has 1 aliphatic rings. The van der Waals surface area contributed by atoms with E-state index in [9.17, 15) is 0 Å². The van der Waals surface area contributed by atoms with Crippen molar-refractivity contribution in [3.63, 3.8) is 0 Å². The summed E-state index contributed by atoms with van der Waals surface area (Å²) in [6.45, 7) is 3.32. The molecular weight excluding hydrogens is 268 g/mol. The van der Waals surface area contributed by atoms with Crippen LogP contribution >= 0.6 is 0 Å². The Hall–Kier alpha value is -1.96. The first-order valence-corrected chi connectivity index (χ1v) is 8.52. The van der Waals surface area contributed by atoms with Crippen LogP contribution in [0, 0.1) is 0 Å². The molecule has 2 atom stereocenters. The topological polar surface area (TPSA) is 15.3 Å². The third-order valence-electron chi connectivity index (χ3n) is 4.68. The van der Waals surface area contributed by atoms with Crippen molar-refractivity contribution in [2.24, 2.45) is 0 Å². The zero-order valence-electron chi connectivity index (χ0n) is 13.4. The Morgan fingerprint density at radius 2 is 1.55 bits per heavy atom. The quantitative estimate of drug-likeness (QED) is 0.840. The van der Waals surface area contributed by atoms with Gasteiger partial charge >= 0.3 is 0 Å². The van der Waals surface area contributed by atoms with Crippen molar-refractivity contribution >= 4 is 11.4 Å². The summed E-state index contributed by atoms with van der Waals surface area (Å²) in [6, 6.07) is 22.6. The number of nitrogens with one attached hydrogen (secondary N) is 1. The molecule has 0 saturated heterocycles. The van der Waals surface area contributed by atoms with E-state index in [1.807, 2.05) is 0 Å². The fourth-order valence-electron chi connectivity index (χ4n) is 3.63. The molecule has 22 heavy (non-hydrogen) atoms. The van der Waals surface area contributed by atoms with Crippen LogP contribution in [-0.4, -0.2) is 18.6 Å². The molecule has 1 saturated carbocycles. The summed E-state index contributed by atoms with van der Waals surface area (Å²) in [5.74, 6) is 0. The Balaban J connectivity index is 1.79. The summed E-state index contributed by atoms with van der Waals surface area (Å²) < 4.78 is 0. The lowest BCUT2D eigenvalue weighted by Crippen LogP contribution is -2.49. The molecule has 0 bridgehead atoms. The molecule has 2 aromatic rings. The molecule has 0 aliphatic heterocycles. The molecular formula is C20H26N2. The first-order chi connectivity index (χ1) is 10.9. The predicted molar refractivity (Wildman–Crippen MR) is 95.6 cm³/mol. The van der Waals surface area contributed by atoms with Crippen molar-refractivity contribution in [3.05, 3.63) is 60.7 Å². The zero-order valence-corrected chi connectivity index (χ0v) is 13.4. The summed E-state index contributed by atoms with van der Waals surface area (Å²) in [5.41, 5.74) is 2.58. The lowest BCUT2D eigenvalue weighted by Gasteiger charge is -2.41. The van der Waals surface area contributed by atoms with Gasteiger partial charge in [-0.05, 0) is 44.0 Å². The molecule has 0 radical (unpaired) electrons. The lowest BCUT2D eigenvalue weighted by molar-refractivity contribution is 0.384. The van der Waals surface area contributed by atoms with Gasteiger partial charge in [-0.15, -0.1) is 0 Å². The highest BCUT2D eigenvalue weighted by Gasteiger charge is 2.29. The fraction of sp³-hybridized carbons (Fsp3) is 0.400. The molecule has 0 amide bonds. The third-order valence-corrected chi connectivity index (χ3v) is 4.68. The Bertz CT molecular complexity index is 552. The van der Waals surface area contributed by atoms with Crippen LogP contribution in [-0.2, 0) is 0 Å². The number of hydrogen-bond acceptors (Lipinski definition) is 2. The Labute approximate surface area is 134 Å². The second-order valence-electron chi connectivity index (χ2n) is 6.09. The summed E-state index contributed by atoms with van der Waals surface area (Å²) in [5, 5.41) is 3.77. The number of para-hydroxylation sites is 2. The highest BCUT2D eigenvalue weighted by molar-refractivity contribution is 5.49. The average Bonchev–Trinajstić information content (AvgIpc) is 2.59. The van der Waals surface area contributed by atoms with Crippen LogP contribution in [0.15, 0.2) is 60.7 Å². The van der Waals surface area contributed by atoms with Gasteiger partial charge in [-0.1, -0.05) is 49.2 Å². The van der Waals surface area contributed by atoms with Gasteiger partial charge in [0.2, 0.25) is 0 Å². The first-order valence-electron chi connectivity index (χ1n) is 8.52. The molecule has 0 spiro atoms. The van der Waals surface area contributed by atoms with E-state index < -0.39 is 0 Å². The Kier molecular flexibility index (Phi) is 4.99. The smallest absolute Gasteiger partial charge is 0.0491 e. The second-order valence-corrected chi connectivity index (χ2v) is 6.09. The number of benzene rings is 2. The van der Waals surface area contributed by atoms with E-state index in [1.54, 1.807) is 0 Å². The highest BCUT2D eigenvalue weighted by Crippen LogP contribution is 2.29. The molecule has 0 aromatic heterocycles. The third kappa shape index (κ3) is 3.44. The normalized spacial score (nSPS) is 21.3. The summed E-state index contributed by atoms with van der Waals surface area (Å²) >= 11 is 0. The summed E-state index contributed by atoms with van der Waals surface area (Å²) in [6.07, 6.45) is 5.18. The molecule has 0 heterocycles. The maximum absolute atomic E-state index is 3.77. The second kappa shape index (κ2) is 7.35. The largest absolute Gasteiger partial charge is 0.380 e. The van der Waals surface area contributed by atoms with Crippen LogP contribution in [0.25, 0.3) is 0 Å². The number of anilines is 2. The summed E-state index contributed by atoms with van der Waals surface area (Å²) in [4.78, 5) is 2.57. The van der Waals surface area contributed by atoms with Crippen molar-refractivity contribution < 1.29 is 0 Å². The van der Waals surface area contributed by atoms with Gasteiger partial charge in [-0.2, -0.15) is 0 Å². The SMILES string of the molecule is CCN(c1ccccc1)[C@@H]1CCCC[C@H]1Nc1ccccc1. The van der Waals surface area contributed by atoms with Crippen LogP contribution in [0.2, 0.25) is 0 Å². The number of nitrogens with zero attached hydrogens (tertiary/aromatic N) is 1. The maximum Gasteiger partial charge on any atom is 0.0491 e. The predicted octanol–water partition coefficient (Wildman–Crippen LogP) is 4.94. The number of likely N-dealkylation sites (N-methyl/N-ethyl adjacent to an activating group) is 1. The van der Waals surface area contributed by atoms with Gasteiger partial charge in [0.15, 0.2) is 0 Å². The van der Waals surface area contributed by atoms with E-state index in [2.05, 4.69) is 77.8 Å². The molecule has 1 aliphatic carbocycles. The molecule has 1 N–H and O–H groups in total. The van der Waals surface area contributed by atoms with E-state index in [0.29, 0.717) is 12.1 Å². The van der Waals surface area contributed by atoms with E-state index in [-0.39, 0.29) is 0 Å². The van der Waals surface area contributed by atoms with E-state index >= 15 is 0 Å². The average molecular weight is 294 g/mol. The Morgan fingerprint density at radius 3 is 2.23 bits per heavy atom. The Morgan fingerprint density at radius 1 is 0.909 bits per heavy atom. The molecule has 2 heteroatoms. The van der Waals surface area contributed by atoms with Crippen LogP contribution in [0.1, 0.15) is 32.6 Å². The lowest BCUT2D eigenvalue weighted by atomic mass is 9.88. The van der Waals surface area contributed by atoms with Gasteiger partial charge in [0, 0.05) is 30.0 Å². The molecule has 116 valence electrons. The minimum absolute atomic E-state index is 0.524. The number of rotatable bonds is 5.